The molecule has 3 aromatic rings. The lowest BCUT2D eigenvalue weighted by molar-refractivity contribution is 0.102. The van der Waals surface area contributed by atoms with E-state index in [0.29, 0.717) is 34.1 Å². The molecule has 0 aliphatic heterocycles. The molecule has 0 saturated heterocycles. The Morgan fingerprint density at radius 3 is 2.83 bits per heavy atom. The number of imidazole rings is 1. The molecule has 1 amide bonds. The van der Waals surface area contributed by atoms with E-state index in [4.69, 9.17) is 4.42 Å². The summed E-state index contributed by atoms with van der Waals surface area (Å²) >= 11 is 0. The molecule has 24 heavy (non-hydrogen) atoms. The molecular weight excluding hydrogens is 308 g/mol. The number of aromatic nitrogens is 4. The van der Waals surface area contributed by atoms with Gasteiger partial charge in [0.15, 0.2) is 5.82 Å². The number of furan rings is 1. The van der Waals surface area contributed by atoms with Crippen molar-refractivity contribution < 1.29 is 9.21 Å². The molecule has 124 valence electrons. The zero-order chi connectivity index (χ0) is 16.9. The van der Waals surface area contributed by atoms with Crippen LogP contribution in [0.4, 0.5) is 11.6 Å². The molecule has 0 bridgehead atoms. The van der Waals surface area contributed by atoms with E-state index < -0.39 is 0 Å². The van der Waals surface area contributed by atoms with Crippen molar-refractivity contribution in [2.24, 2.45) is 7.05 Å². The molecule has 3 heterocycles. The van der Waals surface area contributed by atoms with Crippen molar-refractivity contribution in [2.45, 2.75) is 32.2 Å². The fourth-order valence-corrected chi connectivity index (χ4v) is 2.57. The Morgan fingerprint density at radius 1 is 1.38 bits per heavy atom. The lowest BCUT2D eigenvalue weighted by Crippen LogP contribution is -2.19. The van der Waals surface area contributed by atoms with E-state index in [0.717, 1.165) is 12.8 Å². The maximum Gasteiger partial charge on any atom is 0.260 e. The second-order valence-electron chi connectivity index (χ2n) is 6.51. The molecule has 8 heteroatoms. The van der Waals surface area contributed by atoms with Gasteiger partial charge in [-0.3, -0.25) is 4.79 Å². The van der Waals surface area contributed by atoms with Crippen LogP contribution in [0.15, 0.2) is 23.2 Å². The molecule has 1 saturated carbocycles. The van der Waals surface area contributed by atoms with Crippen LogP contribution in [0.3, 0.4) is 0 Å². The van der Waals surface area contributed by atoms with Crippen LogP contribution in [0.5, 0.6) is 0 Å². The van der Waals surface area contributed by atoms with Gasteiger partial charge in [-0.1, -0.05) is 0 Å². The zero-order valence-corrected chi connectivity index (χ0v) is 13.8. The number of nitrogens with zero attached hydrogens (tertiary/aromatic N) is 4. The van der Waals surface area contributed by atoms with Crippen LogP contribution >= 0.6 is 0 Å². The minimum absolute atomic E-state index is 0.0275. The van der Waals surface area contributed by atoms with Crippen molar-refractivity contribution in [3.63, 3.8) is 0 Å². The molecule has 3 aromatic heterocycles. The van der Waals surface area contributed by atoms with Crippen LogP contribution in [0.25, 0.3) is 11.1 Å². The van der Waals surface area contributed by atoms with Gasteiger partial charge in [0.1, 0.15) is 17.9 Å². The Balaban J connectivity index is 1.73. The normalized spacial score (nSPS) is 15.5. The van der Waals surface area contributed by atoms with Gasteiger partial charge in [0.2, 0.25) is 5.71 Å². The molecular formula is C16H18N6O2. The van der Waals surface area contributed by atoms with Gasteiger partial charge < -0.3 is 19.6 Å². The summed E-state index contributed by atoms with van der Waals surface area (Å²) in [6.45, 7) is 3.93. The topological polar surface area (TPSA) is 97.9 Å². The molecule has 0 aromatic carbocycles. The van der Waals surface area contributed by atoms with Gasteiger partial charge >= 0.3 is 0 Å². The number of fused-ring (bicyclic) bond motifs is 1. The van der Waals surface area contributed by atoms with Crippen LogP contribution in [-0.2, 0) is 7.05 Å². The Hall–Kier alpha value is -2.90. The highest BCUT2D eigenvalue weighted by atomic mass is 16.3. The van der Waals surface area contributed by atoms with E-state index in [1.807, 2.05) is 7.05 Å². The summed E-state index contributed by atoms with van der Waals surface area (Å²) in [7, 11) is 1.84. The predicted molar refractivity (Wildman–Crippen MR) is 89.0 cm³/mol. The van der Waals surface area contributed by atoms with Crippen LogP contribution in [0, 0.1) is 6.92 Å². The molecule has 1 aliphatic rings. The molecule has 1 aliphatic carbocycles. The highest BCUT2D eigenvalue weighted by Crippen LogP contribution is 2.40. The standard InChI is InChI=1S/C16H18N6O2/c1-9-18-13(21-16(2)4-5-16)12-10(7-24-15(12)19-9)14(23)20-11-6-22(3)8-17-11/h6-8H,4-5H2,1-3H3,(H,20,23)(H,18,19,21). The Labute approximate surface area is 138 Å². The average molecular weight is 326 g/mol. The van der Waals surface area contributed by atoms with E-state index in [1.165, 1.54) is 6.26 Å². The van der Waals surface area contributed by atoms with Gasteiger partial charge in [0.25, 0.3) is 5.91 Å². The SMILES string of the molecule is Cc1nc(NC2(C)CC2)c2c(C(=O)Nc3cn(C)cn3)coc2n1. The van der Waals surface area contributed by atoms with Gasteiger partial charge in [0, 0.05) is 18.8 Å². The number of rotatable bonds is 4. The Morgan fingerprint density at radius 2 is 2.17 bits per heavy atom. The van der Waals surface area contributed by atoms with Crippen LogP contribution in [-0.4, -0.2) is 31.0 Å². The Bertz CT molecular complexity index is 937. The Kier molecular flexibility index (Phi) is 3.09. The number of hydrogen-bond acceptors (Lipinski definition) is 6. The summed E-state index contributed by atoms with van der Waals surface area (Å²) < 4.78 is 7.25. The minimum Gasteiger partial charge on any atom is -0.445 e. The quantitative estimate of drug-likeness (QED) is 0.764. The zero-order valence-electron chi connectivity index (χ0n) is 13.8. The van der Waals surface area contributed by atoms with Gasteiger partial charge in [-0.2, -0.15) is 4.98 Å². The lowest BCUT2D eigenvalue weighted by Gasteiger charge is -2.13. The fraction of sp³-hybridized carbons (Fsp3) is 0.375. The molecule has 4 rings (SSSR count). The number of anilines is 2. The molecule has 8 nitrogen and oxygen atoms in total. The van der Waals surface area contributed by atoms with E-state index in [1.54, 1.807) is 24.0 Å². The van der Waals surface area contributed by atoms with E-state index in [-0.39, 0.29) is 11.4 Å². The predicted octanol–water partition coefficient (Wildman–Crippen LogP) is 2.48. The van der Waals surface area contributed by atoms with Crippen LogP contribution in [0.2, 0.25) is 0 Å². The first kappa shape index (κ1) is 14.7. The number of carbonyl (C=O) groups excluding carboxylic acids is 1. The summed E-state index contributed by atoms with van der Waals surface area (Å²) in [6, 6.07) is 0. The summed E-state index contributed by atoms with van der Waals surface area (Å²) in [6.07, 6.45) is 6.91. The third-order valence-electron chi connectivity index (χ3n) is 4.16. The summed E-state index contributed by atoms with van der Waals surface area (Å²) in [5.41, 5.74) is 0.822. The average Bonchev–Trinajstić information content (AvgIpc) is 2.93. The number of amides is 1. The summed E-state index contributed by atoms with van der Waals surface area (Å²) in [5.74, 6) is 1.41. The summed E-state index contributed by atoms with van der Waals surface area (Å²) in [5, 5.41) is 6.78. The van der Waals surface area contributed by atoms with E-state index in [9.17, 15) is 4.79 Å². The van der Waals surface area contributed by atoms with Gasteiger partial charge in [-0.15, -0.1) is 0 Å². The first-order valence-electron chi connectivity index (χ1n) is 7.77. The largest absolute Gasteiger partial charge is 0.445 e. The molecule has 0 radical (unpaired) electrons. The van der Waals surface area contributed by atoms with Crippen molar-refractivity contribution in [3.8, 4) is 0 Å². The number of carbonyl (C=O) groups is 1. The highest BCUT2D eigenvalue weighted by Gasteiger charge is 2.38. The molecule has 1 fully saturated rings. The second kappa shape index (κ2) is 5.05. The van der Waals surface area contributed by atoms with Crippen LogP contribution in [0.1, 0.15) is 35.9 Å². The molecule has 2 N–H and O–H groups in total. The van der Waals surface area contributed by atoms with Crippen molar-refractivity contribution in [1.82, 2.24) is 19.5 Å². The van der Waals surface area contributed by atoms with E-state index in [2.05, 4.69) is 32.5 Å². The molecule has 0 spiro atoms. The maximum atomic E-state index is 12.6. The third-order valence-corrected chi connectivity index (χ3v) is 4.16. The first-order chi connectivity index (χ1) is 11.4. The monoisotopic (exact) mass is 326 g/mol. The maximum absolute atomic E-state index is 12.6. The van der Waals surface area contributed by atoms with Crippen molar-refractivity contribution in [1.29, 1.82) is 0 Å². The number of nitrogens with one attached hydrogen (secondary N) is 2. The van der Waals surface area contributed by atoms with Crippen molar-refractivity contribution in [3.05, 3.63) is 30.2 Å². The van der Waals surface area contributed by atoms with Crippen LogP contribution < -0.4 is 10.6 Å². The molecule has 0 unspecified atom stereocenters. The number of aryl methyl sites for hydroxylation is 2. The van der Waals surface area contributed by atoms with Gasteiger partial charge in [-0.05, 0) is 26.7 Å². The van der Waals surface area contributed by atoms with Crippen molar-refractivity contribution in [2.75, 3.05) is 10.6 Å². The first-order valence-corrected chi connectivity index (χ1v) is 7.77. The third kappa shape index (κ3) is 2.60. The van der Waals surface area contributed by atoms with E-state index >= 15 is 0 Å². The second-order valence-corrected chi connectivity index (χ2v) is 6.51. The summed E-state index contributed by atoms with van der Waals surface area (Å²) in [4.78, 5) is 25.5. The fourth-order valence-electron chi connectivity index (χ4n) is 2.57. The lowest BCUT2D eigenvalue weighted by atomic mass is 10.2. The highest BCUT2D eigenvalue weighted by molar-refractivity contribution is 6.14. The smallest absolute Gasteiger partial charge is 0.260 e. The number of hydrogen-bond donors (Lipinski definition) is 2. The van der Waals surface area contributed by atoms with Gasteiger partial charge in [0.05, 0.1) is 17.3 Å². The molecule has 0 atom stereocenters. The minimum atomic E-state index is -0.302. The van der Waals surface area contributed by atoms with Crippen molar-refractivity contribution >= 4 is 28.6 Å². The van der Waals surface area contributed by atoms with Gasteiger partial charge in [-0.25, -0.2) is 9.97 Å².